The van der Waals surface area contributed by atoms with Crippen LogP contribution in [0, 0.1) is 0 Å². The van der Waals surface area contributed by atoms with Gasteiger partial charge in [0.2, 0.25) is 5.95 Å². The molecule has 2 aromatic carbocycles. The number of aromatic nitrogens is 4. The van der Waals surface area contributed by atoms with Crippen LogP contribution in [0.4, 0.5) is 0 Å². The van der Waals surface area contributed by atoms with E-state index in [4.69, 9.17) is 0 Å². The van der Waals surface area contributed by atoms with Gasteiger partial charge in [-0.25, -0.2) is 9.67 Å². The van der Waals surface area contributed by atoms with E-state index in [-0.39, 0.29) is 17.4 Å². The number of nitrogens with one attached hydrogen (secondary N) is 1. The van der Waals surface area contributed by atoms with E-state index in [0.717, 1.165) is 12.0 Å². The molecule has 7 heteroatoms. The maximum atomic E-state index is 13.6. The number of amides is 1. The van der Waals surface area contributed by atoms with Crippen molar-refractivity contribution in [2.45, 2.75) is 19.4 Å². The summed E-state index contributed by atoms with van der Waals surface area (Å²) in [7, 11) is 0. The Morgan fingerprint density at radius 2 is 1.85 bits per heavy atom. The monoisotopic (exact) mass is 437 g/mol. The summed E-state index contributed by atoms with van der Waals surface area (Å²) >= 11 is 0. The third-order valence-electron chi connectivity index (χ3n) is 5.89. The lowest BCUT2D eigenvalue weighted by Gasteiger charge is -2.29. The van der Waals surface area contributed by atoms with Crippen molar-refractivity contribution < 1.29 is 4.79 Å². The number of carbonyl (C=O) groups is 1. The average Bonchev–Trinajstić information content (AvgIpc) is 3.26. The summed E-state index contributed by atoms with van der Waals surface area (Å²) in [5.74, 6) is 0.176. The van der Waals surface area contributed by atoms with Crippen molar-refractivity contribution in [2.24, 2.45) is 0 Å². The van der Waals surface area contributed by atoms with Crippen LogP contribution in [0.2, 0.25) is 0 Å². The smallest absolute Gasteiger partial charge is 0.257 e. The Morgan fingerprint density at radius 3 is 2.64 bits per heavy atom. The Hall–Kier alpha value is -4.26. The minimum atomic E-state index is -0.309. The van der Waals surface area contributed by atoms with E-state index in [1.807, 2.05) is 47.4 Å². The fourth-order valence-corrected chi connectivity index (χ4v) is 4.20. The SMILES string of the molecule is C=Cc1cc(=O)[nH]c(-n2ncc(C(=O)N3CCc4ccccc4C3)c2Cc2ccccc2)n1. The molecule has 5 rings (SSSR count). The van der Waals surface area contributed by atoms with Crippen LogP contribution in [0.1, 0.15) is 38.4 Å². The highest BCUT2D eigenvalue weighted by Gasteiger charge is 2.27. The van der Waals surface area contributed by atoms with Crippen molar-refractivity contribution in [3.8, 4) is 5.95 Å². The van der Waals surface area contributed by atoms with Crippen LogP contribution in [0.3, 0.4) is 0 Å². The zero-order valence-corrected chi connectivity index (χ0v) is 18.1. The van der Waals surface area contributed by atoms with Crippen LogP contribution >= 0.6 is 0 Å². The molecule has 1 aliphatic heterocycles. The molecule has 4 aromatic rings. The topological polar surface area (TPSA) is 83.9 Å². The van der Waals surface area contributed by atoms with Crippen molar-refractivity contribution in [3.05, 3.63) is 117 Å². The second-order valence-corrected chi connectivity index (χ2v) is 8.02. The quantitative estimate of drug-likeness (QED) is 0.519. The van der Waals surface area contributed by atoms with Crippen molar-refractivity contribution in [1.29, 1.82) is 0 Å². The molecule has 1 amide bonds. The van der Waals surface area contributed by atoms with Gasteiger partial charge in [0.1, 0.15) is 0 Å². The number of rotatable bonds is 5. The van der Waals surface area contributed by atoms with E-state index in [9.17, 15) is 9.59 Å². The molecule has 0 saturated heterocycles. The summed E-state index contributed by atoms with van der Waals surface area (Å²) in [4.78, 5) is 34.8. The Labute approximate surface area is 191 Å². The average molecular weight is 438 g/mol. The molecular formula is C26H23N5O2. The maximum absolute atomic E-state index is 13.6. The van der Waals surface area contributed by atoms with E-state index in [0.29, 0.717) is 36.5 Å². The summed E-state index contributed by atoms with van der Waals surface area (Å²) in [6.07, 6.45) is 4.37. The minimum Gasteiger partial charge on any atom is -0.334 e. The van der Waals surface area contributed by atoms with Gasteiger partial charge in [-0.1, -0.05) is 61.2 Å². The van der Waals surface area contributed by atoms with Gasteiger partial charge in [0, 0.05) is 25.6 Å². The number of H-pyrrole nitrogens is 1. The Kier molecular flexibility index (Phi) is 5.44. The zero-order chi connectivity index (χ0) is 22.8. The number of nitrogens with zero attached hydrogens (tertiary/aromatic N) is 4. The molecule has 1 aliphatic rings. The first-order valence-corrected chi connectivity index (χ1v) is 10.8. The van der Waals surface area contributed by atoms with Crippen LogP contribution in [0.15, 0.2) is 78.2 Å². The molecule has 7 nitrogen and oxygen atoms in total. The summed E-state index contributed by atoms with van der Waals surface area (Å²) in [5, 5.41) is 4.46. The molecule has 0 fully saturated rings. The van der Waals surface area contributed by atoms with E-state index in [1.54, 1.807) is 10.9 Å². The van der Waals surface area contributed by atoms with Crippen molar-refractivity contribution in [3.63, 3.8) is 0 Å². The predicted molar refractivity (Wildman–Crippen MR) is 126 cm³/mol. The summed E-state index contributed by atoms with van der Waals surface area (Å²) in [6, 6.07) is 19.4. The standard InChI is InChI=1S/C26H23N5O2/c1-2-21-15-24(32)29-26(28-21)31-23(14-18-8-4-3-5-9-18)22(16-27-31)25(33)30-13-12-19-10-6-7-11-20(19)17-30/h2-11,15-16H,1,12-14,17H2,(H,28,29,32). The second-order valence-electron chi connectivity index (χ2n) is 8.02. The molecule has 1 N–H and O–H groups in total. The minimum absolute atomic E-state index is 0.0797. The van der Waals surface area contributed by atoms with E-state index < -0.39 is 0 Å². The molecular weight excluding hydrogens is 414 g/mol. The largest absolute Gasteiger partial charge is 0.334 e. The van der Waals surface area contributed by atoms with E-state index in [2.05, 4.69) is 33.8 Å². The summed E-state index contributed by atoms with van der Waals surface area (Å²) < 4.78 is 1.55. The van der Waals surface area contributed by atoms with E-state index in [1.165, 1.54) is 23.3 Å². The van der Waals surface area contributed by atoms with Crippen LogP contribution in [0.5, 0.6) is 0 Å². The van der Waals surface area contributed by atoms with Gasteiger partial charge in [-0.3, -0.25) is 14.6 Å². The lowest BCUT2D eigenvalue weighted by molar-refractivity contribution is 0.0733. The highest BCUT2D eigenvalue weighted by Crippen LogP contribution is 2.23. The lowest BCUT2D eigenvalue weighted by atomic mass is 9.99. The number of carbonyl (C=O) groups excluding carboxylic acids is 1. The molecule has 2 aromatic heterocycles. The molecule has 0 aliphatic carbocycles. The fraction of sp³-hybridized carbons (Fsp3) is 0.154. The molecule has 0 unspecified atom stereocenters. The third-order valence-corrected chi connectivity index (χ3v) is 5.89. The van der Waals surface area contributed by atoms with Crippen molar-refractivity contribution in [2.75, 3.05) is 6.54 Å². The van der Waals surface area contributed by atoms with Gasteiger partial charge in [0.25, 0.3) is 11.5 Å². The first-order chi connectivity index (χ1) is 16.1. The Balaban J connectivity index is 1.56. The van der Waals surface area contributed by atoms with Gasteiger partial charge in [-0.05, 0) is 29.2 Å². The van der Waals surface area contributed by atoms with Gasteiger partial charge in [-0.2, -0.15) is 5.10 Å². The molecule has 33 heavy (non-hydrogen) atoms. The number of aromatic amines is 1. The van der Waals surface area contributed by atoms with Gasteiger partial charge < -0.3 is 4.90 Å². The summed E-state index contributed by atoms with van der Waals surface area (Å²) in [6.45, 7) is 4.91. The highest BCUT2D eigenvalue weighted by atomic mass is 16.2. The molecule has 0 radical (unpaired) electrons. The zero-order valence-electron chi connectivity index (χ0n) is 18.1. The first-order valence-electron chi connectivity index (χ1n) is 10.8. The number of fused-ring (bicyclic) bond motifs is 1. The van der Waals surface area contributed by atoms with Gasteiger partial charge in [0.05, 0.1) is 23.1 Å². The molecule has 164 valence electrons. The summed E-state index contributed by atoms with van der Waals surface area (Å²) in [5.41, 5.74) is 4.79. The lowest BCUT2D eigenvalue weighted by Crippen LogP contribution is -2.36. The number of benzene rings is 2. The molecule has 3 heterocycles. The van der Waals surface area contributed by atoms with E-state index >= 15 is 0 Å². The normalized spacial score (nSPS) is 12.9. The second kappa shape index (κ2) is 8.70. The first kappa shape index (κ1) is 20.6. The van der Waals surface area contributed by atoms with Crippen LogP contribution in [-0.2, 0) is 19.4 Å². The van der Waals surface area contributed by atoms with Crippen LogP contribution < -0.4 is 5.56 Å². The molecule has 0 saturated carbocycles. The molecule has 0 spiro atoms. The number of hydrogen-bond donors (Lipinski definition) is 1. The van der Waals surface area contributed by atoms with Gasteiger partial charge >= 0.3 is 0 Å². The van der Waals surface area contributed by atoms with Crippen molar-refractivity contribution in [1.82, 2.24) is 24.6 Å². The van der Waals surface area contributed by atoms with Crippen molar-refractivity contribution >= 4 is 12.0 Å². The van der Waals surface area contributed by atoms with Crippen LogP contribution in [-0.4, -0.2) is 37.1 Å². The van der Waals surface area contributed by atoms with Crippen LogP contribution in [0.25, 0.3) is 12.0 Å². The Morgan fingerprint density at radius 1 is 1.09 bits per heavy atom. The third kappa shape index (κ3) is 4.13. The fourth-order valence-electron chi connectivity index (χ4n) is 4.20. The number of hydrogen-bond acceptors (Lipinski definition) is 4. The highest BCUT2D eigenvalue weighted by molar-refractivity contribution is 5.95. The molecule has 0 bridgehead atoms. The maximum Gasteiger partial charge on any atom is 0.257 e. The van der Waals surface area contributed by atoms with Gasteiger partial charge in [0.15, 0.2) is 0 Å². The predicted octanol–water partition coefficient (Wildman–Crippen LogP) is 3.39. The van der Waals surface area contributed by atoms with Gasteiger partial charge in [-0.15, -0.1) is 0 Å². The Bertz CT molecular complexity index is 1390. The molecule has 0 atom stereocenters.